The van der Waals surface area contributed by atoms with Crippen LogP contribution in [0.1, 0.15) is 51.9 Å². The summed E-state index contributed by atoms with van der Waals surface area (Å²) in [6.07, 6.45) is 8.07. The summed E-state index contributed by atoms with van der Waals surface area (Å²) in [4.78, 5) is 12.2. The highest BCUT2D eigenvalue weighted by Crippen LogP contribution is 2.19. The van der Waals surface area contributed by atoms with Crippen LogP contribution in [0, 0.1) is 0 Å². The molecule has 1 aromatic rings. The van der Waals surface area contributed by atoms with Crippen molar-refractivity contribution >= 4 is 21.8 Å². The second-order valence-electron chi connectivity index (χ2n) is 5.76. The lowest BCUT2D eigenvalue weighted by Crippen LogP contribution is -2.42. The van der Waals surface area contributed by atoms with Crippen molar-refractivity contribution in [3.05, 3.63) is 28.7 Å². The molecule has 0 aromatic heterocycles. The van der Waals surface area contributed by atoms with Crippen molar-refractivity contribution in [1.82, 2.24) is 5.32 Å². The molecule has 116 valence electrons. The van der Waals surface area contributed by atoms with Crippen molar-refractivity contribution in [3.8, 4) is 5.75 Å². The summed E-state index contributed by atoms with van der Waals surface area (Å²) in [6.45, 7) is 1.81. The first-order valence-electron chi connectivity index (χ1n) is 7.88. The Kier molecular flexibility index (Phi) is 6.55. The number of benzene rings is 1. The first kappa shape index (κ1) is 16.3. The normalized spacial score (nSPS) is 18.4. The molecule has 2 rings (SSSR count). The Bertz CT molecular complexity index is 439. The van der Waals surface area contributed by atoms with E-state index in [9.17, 15) is 4.79 Å². The Morgan fingerprint density at radius 3 is 2.33 bits per heavy atom. The molecular weight excluding hydrogens is 330 g/mol. The minimum absolute atomic E-state index is 0.0107. The molecule has 21 heavy (non-hydrogen) atoms. The zero-order valence-corrected chi connectivity index (χ0v) is 14.2. The molecule has 0 aliphatic heterocycles. The average molecular weight is 354 g/mol. The summed E-state index contributed by atoms with van der Waals surface area (Å²) >= 11 is 3.39. The second-order valence-corrected chi connectivity index (χ2v) is 6.68. The number of hydrogen-bond acceptors (Lipinski definition) is 2. The summed E-state index contributed by atoms with van der Waals surface area (Å²) in [7, 11) is 0. The van der Waals surface area contributed by atoms with Crippen LogP contribution in [0.25, 0.3) is 0 Å². The van der Waals surface area contributed by atoms with Crippen LogP contribution in [0.15, 0.2) is 28.7 Å². The van der Waals surface area contributed by atoms with E-state index >= 15 is 0 Å². The van der Waals surface area contributed by atoms with Crippen LogP contribution in [0.3, 0.4) is 0 Å². The predicted octanol–water partition coefficient (Wildman–Crippen LogP) is 4.45. The van der Waals surface area contributed by atoms with E-state index in [0.29, 0.717) is 6.04 Å². The quantitative estimate of drug-likeness (QED) is 0.868. The van der Waals surface area contributed by atoms with Gasteiger partial charge in [-0.3, -0.25) is 4.79 Å². The number of rotatable bonds is 4. The third-order valence-electron chi connectivity index (χ3n) is 3.95. The van der Waals surface area contributed by atoms with Gasteiger partial charge in [0.15, 0.2) is 6.10 Å². The molecule has 4 heteroatoms. The number of carbonyl (C=O) groups excluding carboxylic acids is 1. The molecule has 1 fully saturated rings. The van der Waals surface area contributed by atoms with Gasteiger partial charge in [-0.1, -0.05) is 48.0 Å². The number of hydrogen-bond donors (Lipinski definition) is 1. The molecule has 1 aliphatic rings. The molecule has 0 unspecified atom stereocenters. The molecule has 3 nitrogen and oxygen atoms in total. The average Bonchev–Trinajstić information content (AvgIpc) is 2.44. The highest BCUT2D eigenvalue weighted by molar-refractivity contribution is 9.10. The summed E-state index contributed by atoms with van der Waals surface area (Å²) in [6, 6.07) is 7.87. The lowest BCUT2D eigenvalue weighted by Gasteiger charge is -2.23. The van der Waals surface area contributed by atoms with Crippen LogP contribution in [-0.2, 0) is 4.79 Å². The summed E-state index contributed by atoms with van der Waals surface area (Å²) in [5, 5.41) is 3.14. The van der Waals surface area contributed by atoms with Crippen molar-refractivity contribution in [2.24, 2.45) is 0 Å². The lowest BCUT2D eigenvalue weighted by molar-refractivity contribution is -0.128. The zero-order chi connectivity index (χ0) is 15.1. The Morgan fingerprint density at radius 2 is 1.71 bits per heavy atom. The van der Waals surface area contributed by atoms with Crippen molar-refractivity contribution in [1.29, 1.82) is 0 Å². The maximum atomic E-state index is 12.2. The number of nitrogens with one attached hydrogen (secondary N) is 1. The van der Waals surface area contributed by atoms with Crippen molar-refractivity contribution in [2.45, 2.75) is 64.0 Å². The van der Waals surface area contributed by atoms with Crippen LogP contribution in [0.2, 0.25) is 0 Å². The third kappa shape index (κ3) is 5.70. The molecule has 1 aliphatic carbocycles. The molecule has 0 radical (unpaired) electrons. The molecule has 1 atom stereocenters. The number of carbonyl (C=O) groups is 1. The largest absolute Gasteiger partial charge is 0.481 e. The van der Waals surface area contributed by atoms with Gasteiger partial charge in [-0.25, -0.2) is 0 Å². The van der Waals surface area contributed by atoms with Gasteiger partial charge < -0.3 is 10.1 Å². The molecule has 0 spiro atoms. The fraction of sp³-hybridized carbons (Fsp3) is 0.588. The van der Waals surface area contributed by atoms with E-state index < -0.39 is 6.10 Å². The number of amides is 1. The van der Waals surface area contributed by atoms with E-state index in [4.69, 9.17) is 4.74 Å². The van der Waals surface area contributed by atoms with E-state index in [1.807, 2.05) is 24.3 Å². The molecule has 1 saturated carbocycles. The predicted molar refractivity (Wildman–Crippen MR) is 88.5 cm³/mol. The van der Waals surface area contributed by atoms with Gasteiger partial charge in [0.2, 0.25) is 0 Å². The highest BCUT2D eigenvalue weighted by Gasteiger charge is 2.19. The standard InChI is InChI=1S/C17H24BrNO2/c1-13(21-16-11-9-14(18)10-12-16)17(20)19-15-7-5-3-2-4-6-8-15/h9-13,15H,2-8H2,1H3,(H,19,20)/t13-/m0/s1. The minimum Gasteiger partial charge on any atom is -0.481 e. The third-order valence-corrected chi connectivity index (χ3v) is 4.48. The first-order valence-corrected chi connectivity index (χ1v) is 8.67. The van der Waals surface area contributed by atoms with Crippen LogP contribution in [0.4, 0.5) is 0 Å². The van der Waals surface area contributed by atoms with Gasteiger partial charge in [-0.05, 0) is 44.0 Å². The molecular formula is C17H24BrNO2. The molecule has 1 N–H and O–H groups in total. The van der Waals surface area contributed by atoms with Gasteiger partial charge in [0, 0.05) is 10.5 Å². The van der Waals surface area contributed by atoms with Crippen molar-refractivity contribution in [3.63, 3.8) is 0 Å². The van der Waals surface area contributed by atoms with Crippen LogP contribution < -0.4 is 10.1 Å². The SMILES string of the molecule is C[C@H](Oc1ccc(Br)cc1)C(=O)NC1CCCCCCC1. The summed E-state index contributed by atoms with van der Waals surface area (Å²) < 4.78 is 6.70. The smallest absolute Gasteiger partial charge is 0.260 e. The van der Waals surface area contributed by atoms with E-state index in [2.05, 4.69) is 21.2 Å². The lowest BCUT2D eigenvalue weighted by atomic mass is 9.96. The molecule has 0 bridgehead atoms. The van der Waals surface area contributed by atoms with Crippen molar-refractivity contribution in [2.75, 3.05) is 0 Å². The first-order chi connectivity index (χ1) is 10.1. The zero-order valence-electron chi connectivity index (χ0n) is 12.6. The van der Waals surface area contributed by atoms with Gasteiger partial charge >= 0.3 is 0 Å². The summed E-state index contributed by atoms with van der Waals surface area (Å²) in [5.41, 5.74) is 0. The van der Waals surface area contributed by atoms with Gasteiger partial charge in [-0.2, -0.15) is 0 Å². The maximum Gasteiger partial charge on any atom is 0.260 e. The van der Waals surface area contributed by atoms with E-state index in [-0.39, 0.29) is 5.91 Å². The van der Waals surface area contributed by atoms with Crippen LogP contribution in [0.5, 0.6) is 5.75 Å². The van der Waals surface area contributed by atoms with E-state index in [1.54, 1.807) is 6.92 Å². The van der Waals surface area contributed by atoms with Gasteiger partial charge in [0.1, 0.15) is 5.75 Å². The maximum absolute atomic E-state index is 12.2. The Morgan fingerprint density at radius 1 is 1.14 bits per heavy atom. The van der Waals surface area contributed by atoms with E-state index in [1.165, 1.54) is 32.1 Å². The van der Waals surface area contributed by atoms with Gasteiger partial charge in [0.05, 0.1) is 0 Å². The fourth-order valence-electron chi connectivity index (χ4n) is 2.69. The topological polar surface area (TPSA) is 38.3 Å². The Hall–Kier alpha value is -1.03. The number of ether oxygens (including phenoxy) is 1. The molecule has 0 heterocycles. The minimum atomic E-state index is -0.461. The molecule has 1 aromatic carbocycles. The molecule has 0 saturated heterocycles. The Labute approximate surface area is 135 Å². The van der Waals surface area contributed by atoms with Gasteiger partial charge in [-0.15, -0.1) is 0 Å². The second kappa shape index (κ2) is 8.42. The Balaban J connectivity index is 1.82. The van der Waals surface area contributed by atoms with Crippen LogP contribution >= 0.6 is 15.9 Å². The number of halogens is 1. The van der Waals surface area contributed by atoms with Crippen molar-refractivity contribution < 1.29 is 9.53 Å². The fourth-order valence-corrected chi connectivity index (χ4v) is 2.95. The van der Waals surface area contributed by atoms with Gasteiger partial charge in [0.25, 0.3) is 5.91 Å². The summed E-state index contributed by atoms with van der Waals surface area (Å²) in [5.74, 6) is 0.710. The molecule has 1 amide bonds. The van der Waals surface area contributed by atoms with E-state index in [0.717, 1.165) is 23.1 Å². The van der Waals surface area contributed by atoms with Crippen LogP contribution in [-0.4, -0.2) is 18.1 Å². The monoisotopic (exact) mass is 353 g/mol. The highest BCUT2D eigenvalue weighted by atomic mass is 79.9.